The van der Waals surface area contributed by atoms with Crippen LogP contribution in [0.5, 0.6) is 0 Å². The molecule has 0 radical (unpaired) electrons. The van der Waals surface area contributed by atoms with E-state index in [1.165, 1.54) is 24.3 Å². The fourth-order valence-corrected chi connectivity index (χ4v) is 3.81. The number of pyridine rings is 1. The van der Waals surface area contributed by atoms with E-state index in [-0.39, 0.29) is 13.2 Å². The maximum Gasteiger partial charge on any atom is 0.508 e. The largest absolute Gasteiger partial charge is 0.508 e. The van der Waals surface area contributed by atoms with Crippen LogP contribution < -0.4 is 10.4 Å². The summed E-state index contributed by atoms with van der Waals surface area (Å²) in [6.45, 7) is 0.602. The number of hydrogen-bond donors (Lipinski definition) is 1. The molecule has 13 heteroatoms. The number of amides is 1. The van der Waals surface area contributed by atoms with Crippen LogP contribution in [-0.2, 0) is 25.6 Å². The molecule has 0 spiro atoms. The van der Waals surface area contributed by atoms with Crippen molar-refractivity contribution < 1.29 is 33.0 Å². The average Bonchev–Trinajstić information content (AvgIpc) is 3.65. The summed E-state index contributed by atoms with van der Waals surface area (Å²) in [5.41, 5.74) is 5.16. The molecule has 36 heavy (non-hydrogen) atoms. The minimum Gasteiger partial charge on any atom is -0.442 e. The Morgan fingerprint density at radius 2 is 2.19 bits per heavy atom. The molecular weight excluding hydrogens is 475 g/mol. The van der Waals surface area contributed by atoms with Gasteiger partial charge in [0.15, 0.2) is 0 Å². The summed E-state index contributed by atoms with van der Waals surface area (Å²) in [6, 6.07) is 7.98. The van der Waals surface area contributed by atoms with Crippen LogP contribution >= 0.6 is 0 Å². The molecule has 12 nitrogen and oxygen atoms in total. The molecule has 186 valence electrons. The highest BCUT2D eigenvalue weighted by molar-refractivity contribution is 5.90. The monoisotopic (exact) mass is 496 g/mol. The van der Waals surface area contributed by atoms with Gasteiger partial charge in [-0.2, -0.15) is 0 Å². The van der Waals surface area contributed by atoms with Gasteiger partial charge in [-0.3, -0.25) is 20.2 Å². The number of rotatable bonds is 7. The number of halogens is 1. The Kier molecular flexibility index (Phi) is 6.45. The molecule has 2 aromatic heterocycles. The van der Waals surface area contributed by atoms with Crippen molar-refractivity contribution in [2.75, 3.05) is 25.2 Å². The summed E-state index contributed by atoms with van der Waals surface area (Å²) in [6.07, 6.45) is 4.19. The van der Waals surface area contributed by atoms with Crippen LogP contribution in [0.25, 0.3) is 16.8 Å². The third kappa shape index (κ3) is 4.95. The Balaban J connectivity index is 1.25. The number of methoxy groups -OCH3 is 1. The van der Waals surface area contributed by atoms with Crippen molar-refractivity contribution in [3.05, 3.63) is 66.5 Å². The van der Waals surface area contributed by atoms with E-state index in [9.17, 15) is 9.59 Å². The molecule has 2 atom stereocenters. The minimum absolute atomic E-state index is 0.0232. The van der Waals surface area contributed by atoms with Gasteiger partial charge < -0.3 is 14.2 Å². The van der Waals surface area contributed by atoms with Gasteiger partial charge in [0, 0.05) is 23.5 Å². The van der Waals surface area contributed by atoms with Gasteiger partial charge in [-0.05, 0) is 30.3 Å². The van der Waals surface area contributed by atoms with Crippen molar-refractivity contribution >= 4 is 23.6 Å². The van der Waals surface area contributed by atoms with Crippen molar-refractivity contribution in [1.29, 1.82) is 0 Å². The Bertz CT molecular complexity index is 1280. The molecule has 1 amide bonds. The zero-order chi connectivity index (χ0) is 25.1. The summed E-state index contributed by atoms with van der Waals surface area (Å²) in [7, 11) is 1.22. The smallest absolute Gasteiger partial charge is 0.442 e. The van der Waals surface area contributed by atoms with Crippen molar-refractivity contribution in [2.45, 2.75) is 18.8 Å². The third-order valence-corrected chi connectivity index (χ3v) is 5.56. The first kappa shape index (κ1) is 23.2. The topological polar surface area (TPSA) is 130 Å². The number of nitrogens with zero attached hydrogens (tertiary/aromatic N) is 5. The number of benzene rings is 1. The number of carbonyl (C=O) groups is 2. The lowest BCUT2D eigenvalue weighted by atomic mass is 10.1. The number of carbonyl (C=O) groups excluding carboxylic acids is 2. The quantitative estimate of drug-likeness (QED) is 0.487. The van der Waals surface area contributed by atoms with E-state index in [0.29, 0.717) is 34.8 Å². The second-order valence-corrected chi connectivity index (χ2v) is 7.94. The molecule has 0 bridgehead atoms. The molecule has 3 aromatic rings. The fourth-order valence-electron chi connectivity index (χ4n) is 3.81. The molecule has 5 rings (SSSR count). The molecule has 2 aliphatic rings. The predicted molar refractivity (Wildman–Crippen MR) is 122 cm³/mol. The van der Waals surface area contributed by atoms with Crippen molar-refractivity contribution in [3.8, 4) is 11.1 Å². The number of aromatic nitrogens is 4. The first-order valence-corrected chi connectivity index (χ1v) is 10.9. The summed E-state index contributed by atoms with van der Waals surface area (Å²) >= 11 is 0. The van der Waals surface area contributed by atoms with Crippen LogP contribution in [0.3, 0.4) is 0 Å². The van der Waals surface area contributed by atoms with Crippen LogP contribution in [0, 0.1) is 5.82 Å². The van der Waals surface area contributed by atoms with Gasteiger partial charge in [0.1, 0.15) is 24.6 Å². The molecule has 0 saturated carbocycles. The van der Waals surface area contributed by atoms with Gasteiger partial charge in [0.2, 0.25) is 0 Å². The molecule has 1 aromatic carbocycles. The second kappa shape index (κ2) is 10.00. The lowest BCUT2D eigenvalue weighted by Crippen LogP contribution is -2.26. The fraction of sp³-hybridized carbons (Fsp3) is 0.261. The summed E-state index contributed by atoms with van der Waals surface area (Å²) < 4.78 is 31.2. The maximum atomic E-state index is 15.0. The number of anilines is 1. The minimum atomic E-state index is -0.802. The number of cyclic esters (lactones) is 1. The maximum absolute atomic E-state index is 15.0. The zero-order valence-corrected chi connectivity index (χ0v) is 19.0. The van der Waals surface area contributed by atoms with Crippen molar-refractivity contribution in [3.63, 3.8) is 0 Å². The number of ether oxygens (including phenoxy) is 3. The van der Waals surface area contributed by atoms with Gasteiger partial charge in [0.05, 0.1) is 43.5 Å². The summed E-state index contributed by atoms with van der Waals surface area (Å²) in [5, 5.41) is 7.60. The van der Waals surface area contributed by atoms with Crippen LogP contribution in [0.4, 0.5) is 19.7 Å². The molecule has 1 saturated heterocycles. The SMILES string of the molecule is COC(=O)OC[C@@H]1C=C(c2ccc(-c3ccc(N4C[C@H](Cn5ccnn5)OC4=O)cc3F)cn2)NO1. The highest BCUT2D eigenvalue weighted by atomic mass is 19.1. The molecule has 0 unspecified atom stereocenters. The second-order valence-electron chi connectivity index (χ2n) is 7.94. The van der Waals surface area contributed by atoms with Gasteiger partial charge >= 0.3 is 12.2 Å². The number of hydroxylamine groups is 1. The average molecular weight is 496 g/mol. The summed E-state index contributed by atoms with van der Waals surface area (Å²) in [5.74, 6) is -0.504. The molecule has 1 N–H and O–H groups in total. The molecule has 2 aliphatic heterocycles. The lowest BCUT2D eigenvalue weighted by molar-refractivity contribution is -0.00643. The third-order valence-electron chi connectivity index (χ3n) is 5.56. The normalized spacial score (nSPS) is 19.0. The Hall–Kier alpha value is -4.52. The van der Waals surface area contributed by atoms with Gasteiger partial charge in [0.25, 0.3) is 0 Å². The Labute approximate surface area is 204 Å². The first-order valence-electron chi connectivity index (χ1n) is 10.9. The Morgan fingerprint density at radius 1 is 1.31 bits per heavy atom. The van der Waals surface area contributed by atoms with Crippen LogP contribution in [-0.4, -0.2) is 64.7 Å². The van der Waals surface area contributed by atoms with E-state index < -0.39 is 30.3 Å². The van der Waals surface area contributed by atoms with Crippen molar-refractivity contribution in [1.82, 2.24) is 25.5 Å². The van der Waals surface area contributed by atoms with Gasteiger partial charge in [-0.1, -0.05) is 11.3 Å². The van der Waals surface area contributed by atoms with Crippen molar-refractivity contribution in [2.24, 2.45) is 0 Å². The van der Waals surface area contributed by atoms with Crippen LogP contribution in [0.1, 0.15) is 5.69 Å². The molecule has 1 fully saturated rings. The van der Waals surface area contributed by atoms with Crippen LogP contribution in [0.15, 0.2) is 55.0 Å². The molecule has 4 heterocycles. The van der Waals surface area contributed by atoms with E-state index in [0.717, 1.165) is 0 Å². The highest BCUT2D eigenvalue weighted by Gasteiger charge is 2.33. The van der Waals surface area contributed by atoms with Gasteiger partial charge in [-0.25, -0.2) is 18.7 Å². The number of nitrogens with one attached hydrogen (secondary N) is 1. The first-order chi connectivity index (χ1) is 17.5. The van der Waals surface area contributed by atoms with Crippen LogP contribution in [0.2, 0.25) is 0 Å². The molecular formula is C23H21FN6O6. The number of hydrogen-bond acceptors (Lipinski definition) is 10. The highest BCUT2D eigenvalue weighted by Crippen LogP contribution is 2.30. The predicted octanol–water partition coefficient (Wildman–Crippen LogP) is 2.53. The van der Waals surface area contributed by atoms with E-state index in [4.69, 9.17) is 14.3 Å². The molecule has 0 aliphatic carbocycles. The van der Waals surface area contributed by atoms with E-state index >= 15 is 4.39 Å². The standard InChI is InChI=1S/C23H21FN6O6/c1-33-23(32)34-13-16-9-21(27-36-16)20-5-2-14(10-25-20)18-4-3-15(8-19(18)24)30-12-17(35-22(30)31)11-29-7-6-26-28-29/h2-10,16-17,27H,11-13H2,1H3/t16-,17-/m0/s1. The van der Waals surface area contributed by atoms with E-state index in [2.05, 4.69) is 25.5 Å². The van der Waals surface area contributed by atoms with E-state index in [1.54, 1.807) is 47.4 Å². The van der Waals surface area contributed by atoms with E-state index in [1.807, 2.05) is 0 Å². The zero-order valence-electron chi connectivity index (χ0n) is 19.0. The van der Waals surface area contributed by atoms with Gasteiger partial charge in [-0.15, -0.1) is 5.10 Å². The Morgan fingerprint density at radius 3 is 2.92 bits per heavy atom. The lowest BCUT2D eigenvalue weighted by Gasteiger charge is -2.14. The summed E-state index contributed by atoms with van der Waals surface area (Å²) in [4.78, 5) is 34.5.